The lowest BCUT2D eigenvalue weighted by atomic mass is 10.0. The Bertz CT molecular complexity index is 1530. The molecule has 0 bridgehead atoms. The molecule has 0 unspecified atom stereocenters. The lowest BCUT2D eigenvalue weighted by Gasteiger charge is -2.34. The highest BCUT2D eigenvalue weighted by Gasteiger charge is 2.32. The Morgan fingerprint density at radius 2 is 1.97 bits per heavy atom. The summed E-state index contributed by atoms with van der Waals surface area (Å²) in [5.41, 5.74) is 4.81. The maximum atomic E-state index is 13.4. The molecular weight excluding hydrogens is 482 g/mol. The number of pyridine rings is 1. The van der Waals surface area contributed by atoms with Gasteiger partial charge in [0.25, 0.3) is 5.91 Å². The number of nitrogens with zero attached hydrogens (tertiary/aromatic N) is 9. The molecule has 4 aromatic rings. The van der Waals surface area contributed by atoms with E-state index >= 15 is 0 Å². The highest BCUT2D eigenvalue weighted by Crippen LogP contribution is 2.34. The SMILES string of the molecule is CCN1CCN(c2cc(-c3n[nH]c4ccc(NC(=O)C5=C(C)N(C)c6nnnn6[C@H]5C)cc34)ccn2)CC1. The highest BCUT2D eigenvalue weighted by molar-refractivity contribution is 6.07. The van der Waals surface area contributed by atoms with E-state index in [-0.39, 0.29) is 11.9 Å². The molecule has 1 atom stereocenters. The van der Waals surface area contributed by atoms with Crippen LogP contribution in [0, 0.1) is 0 Å². The number of benzene rings is 1. The summed E-state index contributed by atoms with van der Waals surface area (Å²) in [4.78, 5) is 24.7. The molecule has 1 amide bonds. The van der Waals surface area contributed by atoms with Crippen LogP contribution in [0.15, 0.2) is 47.8 Å². The number of tetrazole rings is 1. The fourth-order valence-electron chi connectivity index (χ4n) is 5.31. The summed E-state index contributed by atoms with van der Waals surface area (Å²) in [6.45, 7) is 11.1. The Hall–Kier alpha value is -4.32. The molecule has 1 aromatic carbocycles. The number of likely N-dealkylation sites (N-methyl/N-ethyl adjacent to an activating group) is 1. The Morgan fingerprint density at radius 1 is 1.16 bits per heavy atom. The number of anilines is 3. The van der Waals surface area contributed by atoms with Gasteiger partial charge in [-0.3, -0.25) is 9.89 Å². The van der Waals surface area contributed by atoms with E-state index in [1.54, 1.807) is 4.68 Å². The zero-order chi connectivity index (χ0) is 26.4. The predicted octanol–water partition coefficient (Wildman–Crippen LogP) is 2.68. The summed E-state index contributed by atoms with van der Waals surface area (Å²) in [5.74, 6) is 1.38. The maximum Gasteiger partial charge on any atom is 0.255 e. The summed E-state index contributed by atoms with van der Waals surface area (Å²) in [6, 6.07) is 9.55. The molecule has 0 radical (unpaired) electrons. The average Bonchev–Trinajstić information content (AvgIpc) is 3.60. The van der Waals surface area contributed by atoms with Crippen LogP contribution in [0.5, 0.6) is 0 Å². The van der Waals surface area contributed by atoms with E-state index < -0.39 is 0 Å². The molecule has 2 aliphatic rings. The van der Waals surface area contributed by atoms with E-state index in [4.69, 9.17) is 0 Å². The van der Waals surface area contributed by atoms with Crippen molar-refractivity contribution in [1.29, 1.82) is 0 Å². The van der Waals surface area contributed by atoms with Gasteiger partial charge in [0.1, 0.15) is 11.5 Å². The molecule has 5 heterocycles. The minimum atomic E-state index is -0.293. The van der Waals surface area contributed by atoms with E-state index in [0.717, 1.165) is 66.4 Å². The van der Waals surface area contributed by atoms with Crippen LogP contribution in [-0.2, 0) is 4.79 Å². The average molecular weight is 514 g/mol. The molecule has 38 heavy (non-hydrogen) atoms. The fourth-order valence-corrected chi connectivity index (χ4v) is 5.31. The molecule has 196 valence electrons. The summed E-state index contributed by atoms with van der Waals surface area (Å²) < 4.78 is 1.66. The molecule has 3 aromatic heterocycles. The van der Waals surface area contributed by atoms with Gasteiger partial charge in [-0.2, -0.15) is 5.10 Å². The van der Waals surface area contributed by atoms with Crippen LogP contribution in [0.25, 0.3) is 22.2 Å². The van der Waals surface area contributed by atoms with Crippen molar-refractivity contribution in [2.45, 2.75) is 26.8 Å². The molecule has 0 aliphatic carbocycles. The van der Waals surface area contributed by atoms with Gasteiger partial charge in [-0.15, -0.1) is 0 Å². The van der Waals surface area contributed by atoms with E-state index in [0.29, 0.717) is 17.2 Å². The van der Waals surface area contributed by atoms with Gasteiger partial charge in [-0.25, -0.2) is 9.67 Å². The first kappa shape index (κ1) is 24.0. The number of hydrogen-bond acceptors (Lipinski definition) is 9. The summed E-state index contributed by atoms with van der Waals surface area (Å²) in [5, 5.41) is 23.6. The predicted molar refractivity (Wildman–Crippen MR) is 146 cm³/mol. The first-order valence-corrected chi connectivity index (χ1v) is 12.9. The molecule has 2 N–H and O–H groups in total. The normalized spacial score (nSPS) is 18.3. The maximum absolute atomic E-state index is 13.4. The zero-order valence-corrected chi connectivity index (χ0v) is 22.0. The van der Waals surface area contributed by atoms with Crippen molar-refractivity contribution in [2.75, 3.05) is 54.9 Å². The number of amides is 1. The molecule has 12 nitrogen and oxygen atoms in total. The van der Waals surface area contributed by atoms with E-state index in [1.165, 1.54) is 0 Å². The van der Waals surface area contributed by atoms with Crippen molar-refractivity contribution in [3.63, 3.8) is 0 Å². The minimum absolute atomic E-state index is 0.190. The molecular formula is C26H31N11O. The van der Waals surface area contributed by atoms with Gasteiger partial charge >= 0.3 is 0 Å². The van der Waals surface area contributed by atoms with Crippen molar-refractivity contribution in [1.82, 2.24) is 40.3 Å². The molecule has 0 saturated carbocycles. The number of carbonyl (C=O) groups is 1. The van der Waals surface area contributed by atoms with E-state index in [2.05, 4.69) is 58.8 Å². The van der Waals surface area contributed by atoms with Gasteiger partial charge in [0, 0.05) is 61.8 Å². The third kappa shape index (κ3) is 4.06. The van der Waals surface area contributed by atoms with Crippen molar-refractivity contribution in [2.24, 2.45) is 0 Å². The van der Waals surface area contributed by atoms with Gasteiger partial charge < -0.3 is 20.0 Å². The molecule has 12 heteroatoms. The van der Waals surface area contributed by atoms with E-state index in [9.17, 15) is 4.79 Å². The number of carbonyl (C=O) groups excluding carboxylic acids is 1. The Morgan fingerprint density at radius 3 is 2.76 bits per heavy atom. The number of piperazine rings is 1. The lowest BCUT2D eigenvalue weighted by Crippen LogP contribution is -2.46. The smallest absolute Gasteiger partial charge is 0.255 e. The number of allylic oxidation sites excluding steroid dienone is 1. The molecule has 2 aliphatic heterocycles. The number of nitrogens with one attached hydrogen (secondary N) is 2. The first-order valence-electron chi connectivity index (χ1n) is 12.9. The fraction of sp³-hybridized carbons (Fsp3) is 0.385. The summed E-state index contributed by atoms with van der Waals surface area (Å²) in [6.07, 6.45) is 1.84. The van der Waals surface area contributed by atoms with Gasteiger partial charge in [0.15, 0.2) is 0 Å². The van der Waals surface area contributed by atoms with Gasteiger partial charge in [-0.05, 0) is 61.2 Å². The van der Waals surface area contributed by atoms with Crippen LogP contribution >= 0.6 is 0 Å². The molecule has 0 spiro atoms. The quantitative estimate of drug-likeness (QED) is 0.414. The third-order valence-corrected chi connectivity index (χ3v) is 7.68. The number of H-pyrrole nitrogens is 1. The van der Waals surface area contributed by atoms with E-state index in [1.807, 2.05) is 56.3 Å². The van der Waals surface area contributed by atoms with Crippen molar-refractivity contribution in [3.05, 3.63) is 47.8 Å². The second-order valence-corrected chi connectivity index (χ2v) is 9.77. The molecule has 6 rings (SSSR count). The van der Waals surface area contributed by atoms with Crippen LogP contribution in [0.4, 0.5) is 17.5 Å². The Labute approximate surface area is 220 Å². The van der Waals surface area contributed by atoms with Gasteiger partial charge in [-0.1, -0.05) is 12.0 Å². The number of aromatic nitrogens is 7. The van der Waals surface area contributed by atoms with Crippen molar-refractivity contribution >= 4 is 34.3 Å². The highest BCUT2D eigenvalue weighted by atomic mass is 16.1. The molecule has 1 saturated heterocycles. The van der Waals surface area contributed by atoms with Crippen LogP contribution in [0.3, 0.4) is 0 Å². The third-order valence-electron chi connectivity index (χ3n) is 7.68. The van der Waals surface area contributed by atoms with Crippen molar-refractivity contribution in [3.8, 4) is 11.3 Å². The topological polar surface area (TPSA) is 124 Å². The Kier molecular flexibility index (Phi) is 6.03. The lowest BCUT2D eigenvalue weighted by molar-refractivity contribution is -0.113. The zero-order valence-electron chi connectivity index (χ0n) is 22.0. The summed E-state index contributed by atoms with van der Waals surface area (Å²) in [7, 11) is 1.85. The first-order chi connectivity index (χ1) is 18.4. The van der Waals surface area contributed by atoms with Crippen LogP contribution < -0.4 is 15.1 Å². The van der Waals surface area contributed by atoms with Crippen LogP contribution in [0.1, 0.15) is 26.8 Å². The largest absolute Gasteiger partial charge is 0.354 e. The minimum Gasteiger partial charge on any atom is -0.354 e. The number of fused-ring (bicyclic) bond motifs is 2. The van der Waals surface area contributed by atoms with Crippen LogP contribution in [0.2, 0.25) is 0 Å². The number of rotatable bonds is 5. The second kappa shape index (κ2) is 9.53. The number of aromatic amines is 1. The number of hydrogen-bond donors (Lipinski definition) is 2. The second-order valence-electron chi connectivity index (χ2n) is 9.77. The van der Waals surface area contributed by atoms with Gasteiger partial charge in [0.2, 0.25) is 5.95 Å². The van der Waals surface area contributed by atoms with Crippen LogP contribution in [-0.4, -0.2) is 86.0 Å². The molecule has 1 fully saturated rings. The monoisotopic (exact) mass is 513 g/mol. The van der Waals surface area contributed by atoms with Crippen molar-refractivity contribution < 1.29 is 4.79 Å². The standard InChI is InChI=1S/C26H31N11O/c1-5-35-10-12-36(13-11-35)22-14-18(8-9-27-22)24-20-15-19(6-7-21(20)29-30-24)28-25(38)23-16(2)34(4)26-31-32-33-37(26)17(23)3/h6-9,14-15,17H,5,10-13H2,1-4H3,(H,28,38)(H,29,30)/t17-/m0/s1. The Balaban J connectivity index is 1.27. The summed E-state index contributed by atoms with van der Waals surface area (Å²) >= 11 is 0. The van der Waals surface area contributed by atoms with Gasteiger partial charge in [0.05, 0.1) is 17.1 Å².